The van der Waals surface area contributed by atoms with Gasteiger partial charge in [-0.25, -0.2) is 4.79 Å². The van der Waals surface area contributed by atoms with E-state index in [2.05, 4.69) is 10.6 Å². The minimum atomic E-state index is -1.12. The normalized spacial score (nSPS) is 21.2. The van der Waals surface area contributed by atoms with Crippen LogP contribution < -0.4 is 10.6 Å². The fourth-order valence-electron chi connectivity index (χ4n) is 4.00. The van der Waals surface area contributed by atoms with E-state index in [1.54, 1.807) is 4.90 Å². The summed E-state index contributed by atoms with van der Waals surface area (Å²) in [6, 6.07) is 8.94. The summed E-state index contributed by atoms with van der Waals surface area (Å²) < 4.78 is 5.24. The van der Waals surface area contributed by atoms with Crippen LogP contribution in [0.25, 0.3) is 0 Å². The van der Waals surface area contributed by atoms with Crippen molar-refractivity contribution in [2.75, 3.05) is 6.54 Å². The highest BCUT2D eigenvalue weighted by molar-refractivity contribution is 5.97. The minimum Gasteiger partial charge on any atom is -0.452 e. The third-order valence-corrected chi connectivity index (χ3v) is 5.83. The van der Waals surface area contributed by atoms with Crippen LogP contribution in [0.15, 0.2) is 30.3 Å². The number of imide groups is 1. The van der Waals surface area contributed by atoms with Gasteiger partial charge < -0.3 is 15.0 Å². The lowest BCUT2D eigenvalue weighted by Gasteiger charge is -2.25. The van der Waals surface area contributed by atoms with E-state index in [4.69, 9.17) is 4.74 Å². The number of hydrogen-bond donors (Lipinski definition) is 2. The molecule has 3 atom stereocenters. The minimum absolute atomic E-state index is 0.0481. The number of esters is 1. The van der Waals surface area contributed by atoms with E-state index in [1.165, 1.54) is 6.92 Å². The van der Waals surface area contributed by atoms with Gasteiger partial charge >= 0.3 is 12.0 Å². The van der Waals surface area contributed by atoms with Gasteiger partial charge in [0.05, 0.1) is 12.0 Å². The zero-order chi connectivity index (χ0) is 21.7. The predicted molar refractivity (Wildman–Crippen MR) is 109 cm³/mol. The molecule has 1 aromatic carbocycles. The number of likely N-dealkylation sites (tertiary alicyclic amines) is 1. The fraction of sp³-hybridized carbons (Fsp3) is 0.545. The molecule has 162 valence electrons. The van der Waals surface area contributed by atoms with Crippen LogP contribution >= 0.6 is 0 Å². The Kier molecular flexibility index (Phi) is 7.07. The monoisotopic (exact) mass is 415 g/mol. The summed E-state index contributed by atoms with van der Waals surface area (Å²) in [5.41, 5.74) is 0.987. The molecular formula is C22H29N3O5. The Balaban J connectivity index is 1.48. The molecule has 8 nitrogen and oxygen atoms in total. The molecule has 3 rings (SSSR count). The fourth-order valence-corrected chi connectivity index (χ4v) is 4.00. The third-order valence-electron chi connectivity index (χ3n) is 5.83. The van der Waals surface area contributed by atoms with Crippen LogP contribution in [-0.4, -0.2) is 47.4 Å². The second kappa shape index (κ2) is 9.73. The molecule has 1 saturated heterocycles. The largest absolute Gasteiger partial charge is 0.452 e. The average Bonchev–Trinajstić information content (AvgIpc) is 3.37. The average molecular weight is 415 g/mol. The van der Waals surface area contributed by atoms with Crippen molar-refractivity contribution in [1.82, 2.24) is 15.5 Å². The predicted octanol–water partition coefficient (Wildman–Crippen LogP) is 2.30. The summed E-state index contributed by atoms with van der Waals surface area (Å²) in [6.45, 7) is 3.57. The third kappa shape index (κ3) is 5.37. The highest BCUT2D eigenvalue weighted by Crippen LogP contribution is 2.29. The Morgan fingerprint density at radius 1 is 1.10 bits per heavy atom. The molecule has 2 N–H and O–H groups in total. The van der Waals surface area contributed by atoms with Gasteiger partial charge in [-0.15, -0.1) is 0 Å². The number of nitrogens with zero attached hydrogens (tertiary/aromatic N) is 1. The van der Waals surface area contributed by atoms with E-state index in [0.717, 1.165) is 31.2 Å². The first-order valence-electron chi connectivity index (χ1n) is 10.5. The van der Waals surface area contributed by atoms with Gasteiger partial charge in [0.15, 0.2) is 6.10 Å². The van der Waals surface area contributed by atoms with Crippen molar-refractivity contribution in [2.24, 2.45) is 5.92 Å². The lowest BCUT2D eigenvalue weighted by Crippen LogP contribution is -2.47. The van der Waals surface area contributed by atoms with E-state index in [9.17, 15) is 19.2 Å². The molecule has 1 aliphatic carbocycles. The summed E-state index contributed by atoms with van der Waals surface area (Å²) in [6.07, 6.45) is 2.86. The quantitative estimate of drug-likeness (QED) is 0.694. The van der Waals surface area contributed by atoms with Crippen molar-refractivity contribution in [3.8, 4) is 0 Å². The summed E-state index contributed by atoms with van der Waals surface area (Å²) >= 11 is 0. The maximum absolute atomic E-state index is 12.5. The second-order valence-corrected chi connectivity index (χ2v) is 8.06. The lowest BCUT2D eigenvalue weighted by molar-refractivity contribution is -0.158. The molecule has 1 heterocycles. The van der Waals surface area contributed by atoms with E-state index in [0.29, 0.717) is 0 Å². The SMILES string of the molecule is C[C@H](OC(=O)[C@@H]1CC(=O)N([C@@H](C)c2ccccc2)C1)C(=O)NC(=O)NC1CCCC1. The molecule has 0 bridgehead atoms. The van der Waals surface area contributed by atoms with Crippen molar-refractivity contribution in [2.45, 2.75) is 64.1 Å². The van der Waals surface area contributed by atoms with Crippen LogP contribution in [0, 0.1) is 5.92 Å². The molecule has 2 aliphatic rings. The zero-order valence-corrected chi connectivity index (χ0v) is 17.4. The van der Waals surface area contributed by atoms with Gasteiger partial charge in [0.25, 0.3) is 5.91 Å². The number of rotatable bonds is 6. The van der Waals surface area contributed by atoms with Gasteiger partial charge in [0.2, 0.25) is 5.91 Å². The number of ether oxygens (including phenoxy) is 1. The second-order valence-electron chi connectivity index (χ2n) is 8.06. The molecule has 2 fully saturated rings. The first-order valence-corrected chi connectivity index (χ1v) is 10.5. The van der Waals surface area contributed by atoms with E-state index >= 15 is 0 Å². The molecule has 8 heteroatoms. The Morgan fingerprint density at radius 3 is 2.43 bits per heavy atom. The van der Waals surface area contributed by atoms with Gasteiger partial charge in [0, 0.05) is 19.0 Å². The van der Waals surface area contributed by atoms with Crippen molar-refractivity contribution < 1.29 is 23.9 Å². The summed E-state index contributed by atoms with van der Waals surface area (Å²) in [5.74, 6) is -2.05. The maximum Gasteiger partial charge on any atom is 0.321 e. The Bertz CT molecular complexity index is 791. The molecule has 1 aromatic rings. The summed E-state index contributed by atoms with van der Waals surface area (Å²) in [7, 11) is 0. The van der Waals surface area contributed by atoms with Crippen LogP contribution in [0.5, 0.6) is 0 Å². The first-order chi connectivity index (χ1) is 14.3. The number of carbonyl (C=O) groups is 4. The maximum atomic E-state index is 12.5. The molecule has 0 aromatic heterocycles. The van der Waals surface area contributed by atoms with Gasteiger partial charge in [-0.05, 0) is 32.3 Å². The molecule has 1 aliphatic heterocycles. The Hall–Kier alpha value is -2.90. The van der Waals surface area contributed by atoms with Crippen molar-refractivity contribution >= 4 is 23.8 Å². The van der Waals surface area contributed by atoms with Crippen LogP contribution in [0.1, 0.15) is 57.6 Å². The highest BCUT2D eigenvalue weighted by Gasteiger charge is 2.39. The molecular weight excluding hydrogens is 386 g/mol. The summed E-state index contributed by atoms with van der Waals surface area (Å²) in [4.78, 5) is 50.7. The number of nitrogens with one attached hydrogen (secondary N) is 2. The topological polar surface area (TPSA) is 105 Å². The van der Waals surface area contributed by atoms with Gasteiger partial charge in [-0.3, -0.25) is 19.7 Å². The number of urea groups is 1. The number of benzene rings is 1. The Labute approximate surface area is 176 Å². The molecule has 1 saturated carbocycles. The molecule has 0 unspecified atom stereocenters. The Morgan fingerprint density at radius 2 is 1.77 bits per heavy atom. The summed E-state index contributed by atoms with van der Waals surface area (Å²) in [5, 5.41) is 4.97. The van der Waals surface area contributed by atoms with Gasteiger partial charge in [-0.2, -0.15) is 0 Å². The molecule has 0 spiro atoms. The molecule has 30 heavy (non-hydrogen) atoms. The van der Waals surface area contributed by atoms with E-state index in [1.807, 2.05) is 37.3 Å². The number of amides is 4. The number of carbonyl (C=O) groups excluding carboxylic acids is 4. The van der Waals surface area contributed by atoms with E-state index < -0.39 is 29.9 Å². The highest BCUT2D eigenvalue weighted by atomic mass is 16.5. The van der Waals surface area contributed by atoms with Crippen LogP contribution in [0.4, 0.5) is 4.79 Å². The van der Waals surface area contributed by atoms with Gasteiger partial charge in [0.1, 0.15) is 0 Å². The van der Waals surface area contributed by atoms with Crippen LogP contribution in [-0.2, 0) is 19.1 Å². The standard InChI is InChI=1S/C22H29N3O5/c1-14(16-8-4-3-5-9-16)25-13-17(12-19(25)26)21(28)30-15(2)20(27)24-22(29)23-18-10-6-7-11-18/h3-5,8-9,14-15,17-18H,6-7,10-13H2,1-2H3,(H2,23,24,27,29)/t14-,15-,17+/m0/s1. The van der Waals surface area contributed by atoms with Crippen molar-refractivity contribution in [3.05, 3.63) is 35.9 Å². The molecule has 4 amide bonds. The first kappa shape index (κ1) is 21.8. The smallest absolute Gasteiger partial charge is 0.321 e. The van der Waals surface area contributed by atoms with E-state index in [-0.39, 0.29) is 31.0 Å². The zero-order valence-electron chi connectivity index (χ0n) is 17.4. The van der Waals surface area contributed by atoms with Crippen LogP contribution in [0.2, 0.25) is 0 Å². The van der Waals surface area contributed by atoms with Crippen LogP contribution in [0.3, 0.4) is 0 Å². The van der Waals surface area contributed by atoms with Crippen molar-refractivity contribution in [1.29, 1.82) is 0 Å². The van der Waals surface area contributed by atoms with Crippen molar-refractivity contribution in [3.63, 3.8) is 0 Å². The number of hydrogen-bond acceptors (Lipinski definition) is 5. The molecule has 0 radical (unpaired) electrons. The lowest BCUT2D eigenvalue weighted by atomic mass is 10.1. The van der Waals surface area contributed by atoms with Gasteiger partial charge in [-0.1, -0.05) is 43.2 Å².